The highest BCUT2D eigenvalue weighted by atomic mass is 19.4. The molecule has 8 nitrogen and oxygen atoms in total. The van der Waals surface area contributed by atoms with Gasteiger partial charge in [0.05, 0.1) is 16.5 Å². The lowest BCUT2D eigenvalue weighted by Gasteiger charge is -2.11. The molecule has 5 rings (SSSR count). The van der Waals surface area contributed by atoms with Crippen LogP contribution in [-0.4, -0.2) is 26.0 Å². The van der Waals surface area contributed by atoms with Crippen LogP contribution in [-0.2, 0) is 6.18 Å². The molecule has 12 heteroatoms. The minimum Gasteiger partial charge on any atom is -0.505 e. The summed E-state index contributed by atoms with van der Waals surface area (Å²) in [6.45, 7) is 3.62. The van der Waals surface area contributed by atoms with Crippen molar-refractivity contribution in [3.63, 3.8) is 0 Å². The van der Waals surface area contributed by atoms with Crippen molar-refractivity contribution >= 4 is 28.4 Å². The Morgan fingerprint density at radius 2 is 1.64 bits per heavy atom. The van der Waals surface area contributed by atoms with E-state index in [1.54, 1.807) is 31.2 Å². The molecule has 1 heterocycles. The highest BCUT2D eigenvalue weighted by Gasteiger charge is 2.34. The molecule has 3 N–H and O–H groups in total. The number of hydrogen-bond donors (Lipinski definition) is 3. The molecule has 0 fully saturated rings. The molecule has 0 bridgehead atoms. The average Bonchev–Trinajstić information content (AvgIpc) is 3.20. The van der Waals surface area contributed by atoms with E-state index < -0.39 is 40.7 Å². The maximum absolute atomic E-state index is 15.3. The molecule has 0 aliphatic carbocycles. The first-order chi connectivity index (χ1) is 19.8. The number of para-hydroxylation sites is 1. The van der Waals surface area contributed by atoms with Crippen molar-refractivity contribution in [1.29, 1.82) is 0 Å². The van der Waals surface area contributed by atoms with E-state index in [1.807, 2.05) is 6.92 Å². The van der Waals surface area contributed by atoms with Crippen LogP contribution in [0.1, 0.15) is 16.7 Å². The van der Waals surface area contributed by atoms with Gasteiger partial charge in [-0.05, 0) is 73.0 Å². The maximum atomic E-state index is 15.3. The van der Waals surface area contributed by atoms with E-state index in [0.717, 1.165) is 21.8 Å². The smallest absolute Gasteiger partial charge is 0.505 e. The van der Waals surface area contributed by atoms with E-state index in [-0.39, 0.29) is 34.0 Å². The second-order valence-electron chi connectivity index (χ2n) is 9.40. The van der Waals surface area contributed by atoms with E-state index in [0.29, 0.717) is 11.6 Å². The van der Waals surface area contributed by atoms with Gasteiger partial charge in [0, 0.05) is 11.3 Å². The SMILES string of the molecule is Cc1ccc(-n2c(O)c(N=Nc3cccc(-c4cccc(OC(=O)O)c4)c3O)c3c(F)cc(C(F)(F)F)cc32)cc1C. The van der Waals surface area contributed by atoms with Crippen molar-refractivity contribution in [2.75, 3.05) is 0 Å². The molecule has 0 unspecified atom stereocenters. The van der Waals surface area contributed by atoms with Crippen LogP contribution >= 0.6 is 0 Å². The molecule has 42 heavy (non-hydrogen) atoms. The van der Waals surface area contributed by atoms with Gasteiger partial charge < -0.3 is 20.1 Å². The molecular weight excluding hydrogens is 558 g/mol. The van der Waals surface area contributed by atoms with Crippen molar-refractivity contribution in [3.05, 3.63) is 95.3 Å². The molecule has 0 aliphatic heterocycles. The van der Waals surface area contributed by atoms with E-state index in [2.05, 4.69) is 15.0 Å². The molecule has 0 radical (unpaired) electrons. The molecule has 4 aromatic carbocycles. The first-order valence-corrected chi connectivity index (χ1v) is 12.3. The number of aryl methyl sites for hydroxylation is 2. The predicted molar refractivity (Wildman–Crippen MR) is 146 cm³/mol. The molecule has 0 saturated heterocycles. The summed E-state index contributed by atoms with van der Waals surface area (Å²) in [5, 5.41) is 38.5. The quantitative estimate of drug-likeness (QED) is 0.0832. The third kappa shape index (κ3) is 5.21. The van der Waals surface area contributed by atoms with Gasteiger partial charge in [-0.2, -0.15) is 13.2 Å². The zero-order chi connectivity index (χ0) is 30.3. The first-order valence-electron chi connectivity index (χ1n) is 12.3. The van der Waals surface area contributed by atoms with Crippen LogP contribution in [0.4, 0.5) is 33.7 Å². The summed E-state index contributed by atoms with van der Waals surface area (Å²) >= 11 is 0. The summed E-state index contributed by atoms with van der Waals surface area (Å²) in [5.74, 6) is -2.32. The van der Waals surface area contributed by atoms with Gasteiger partial charge in [-0.3, -0.25) is 4.57 Å². The standard InChI is InChI=1S/C30H21F4N3O5/c1-15-9-10-19(11-16(15)2)37-24-14-18(30(32,33)34)13-22(31)25(24)26(28(37)39)36-35-23-8-4-7-21(27(23)38)17-5-3-6-20(12-17)42-29(40)41/h3-14,38-39H,1-2H3,(H,40,41). The predicted octanol–water partition coefficient (Wildman–Crippen LogP) is 8.96. The van der Waals surface area contributed by atoms with Crippen molar-refractivity contribution in [2.45, 2.75) is 20.0 Å². The Morgan fingerprint density at radius 3 is 2.33 bits per heavy atom. The van der Waals surface area contributed by atoms with E-state index >= 15 is 4.39 Å². The number of nitrogens with zero attached hydrogens (tertiary/aromatic N) is 3. The van der Waals surface area contributed by atoms with Crippen LogP contribution in [0.3, 0.4) is 0 Å². The Labute approximate surface area is 235 Å². The van der Waals surface area contributed by atoms with E-state index in [9.17, 15) is 28.2 Å². The normalized spacial score (nSPS) is 11.9. The van der Waals surface area contributed by atoms with Crippen molar-refractivity contribution in [2.24, 2.45) is 10.2 Å². The number of aromatic hydroxyl groups is 2. The van der Waals surface area contributed by atoms with Gasteiger partial charge in [-0.25, -0.2) is 9.18 Å². The number of alkyl halides is 3. The summed E-state index contributed by atoms with van der Waals surface area (Å²) < 4.78 is 61.8. The topological polar surface area (TPSA) is 117 Å². The molecule has 5 aromatic rings. The number of rotatable bonds is 5. The van der Waals surface area contributed by atoms with E-state index in [1.165, 1.54) is 36.4 Å². The fourth-order valence-electron chi connectivity index (χ4n) is 4.50. The Morgan fingerprint density at radius 1 is 0.905 bits per heavy atom. The molecule has 214 valence electrons. The second kappa shape index (κ2) is 10.5. The Bertz CT molecular complexity index is 1900. The summed E-state index contributed by atoms with van der Waals surface area (Å²) in [4.78, 5) is 10.9. The lowest BCUT2D eigenvalue weighted by molar-refractivity contribution is -0.137. The van der Waals surface area contributed by atoms with Crippen LogP contribution in [0, 0.1) is 19.7 Å². The lowest BCUT2D eigenvalue weighted by Crippen LogP contribution is -2.06. The summed E-state index contributed by atoms with van der Waals surface area (Å²) in [5.41, 5.74) is 0.453. The van der Waals surface area contributed by atoms with Crippen LogP contribution in [0.5, 0.6) is 17.4 Å². The molecule has 0 amide bonds. The van der Waals surface area contributed by atoms with Crippen molar-refractivity contribution in [1.82, 2.24) is 4.57 Å². The number of carbonyl (C=O) groups is 1. The summed E-state index contributed by atoms with van der Waals surface area (Å²) in [6, 6.07) is 16.2. The summed E-state index contributed by atoms with van der Waals surface area (Å²) in [7, 11) is 0. The van der Waals surface area contributed by atoms with Gasteiger partial charge in [0.1, 0.15) is 17.3 Å². The third-order valence-electron chi connectivity index (χ3n) is 6.67. The van der Waals surface area contributed by atoms with Crippen LogP contribution < -0.4 is 4.74 Å². The fourth-order valence-corrected chi connectivity index (χ4v) is 4.50. The molecule has 0 spiro atoms. The number of phenolic OH excluding ortho intramolecular Hbond substituents is 1. The minimum absolute atomic E-state index is 0.00389. The van der Waals surface area contributed by atoms with Gasteiger partial charge in [0.15, 0.2) is 11.4 Å². The number of ether oxygens (including phenoxy) is 1. The Balaban J connectivity index is 1.66. The zero-order valence-corrected chi connectivity index (χ0v) is 21.9. The lowest BCUT2D eigenvalue weighted by atomic mass is 10.0. The number of carboxylic acid groups (broad SMARTS) is 1. The van der Waals surface area contributed by atoms with Crippen LogP contribution in [0.15, 0.2) is 83.0 Å². The monoisotopic (exact) mass is 579 g/mol. The highest BCUT2D eigenvalue weighted by molar-refractivity contribution is 5.97. The second-order valence-corrected chi connectivity index (χ2v) is 9.40. The van der Waals surface area contributed by atoms with Gasteiger partial charge in [0.2, 0.25) is 5.88 Å². The molecule has 0 atom stereocenters. The third-order valence-corrected chi connectivity index (χ3v) is 6.67. The number of phenols is 1. The van der Waals surface area contributed by atoms with E-state index in [4.69, 9.17) is 5.11 Å². The van der Waals surface area contributed by atoms with Crippen molar-refractivity contribution in [3.8, 4) is 34.2 Å². The zero-order valence-electron chi connectivity index (χ0n) is 21.9. The minimum atomic E-state index is -4.86. The number of fused-ring (bicyclic) bond motifs is 1. The number of benzene rings is 4. The van der Waals surface area contributed by atoms with Crippen LogP contribution in [0.25, 0.3) is 27.7 Å². The number of hydrogen-bond acceptors (Lipinski definition) is 6. The average molecular weight is 580 g/mol. The molecular formula is C30H21F4N3O5. The fraction of sp³-hybridized carbons (Fsp3) is 0.100. The Hall–Kier alpha value is -5.39. The van der Waals surface area contributed by atoms with Gasteiger partial charge >= 0.3 is 12.3 Å². The molecule has 0 aliphatic rings. The van der Waals surface area contributed by atoms with Gasteiger partial charge in [-0.15, -0.1) is 10.2 Å². The highest BCUT2D eigenvalue weighted by Crippen LogP contribution is 2.46. The largest absolute Gasteiger partial charge is 0.511 e. The summed E-state index contributed by atoms with van der Waals surface area (Å²) in [6.07, 6.45) is -6.38. The molecule has 1 aromatic heterocycles. The number of aromatic nitrogens is 1. The van der Waals surface area contributed by atoms with Crippen molar-refractivity contribution < 1.29 is 42.4 Å². The number of azo groups is 1. The van der Waals surface area contributed by atoms with Gasteiger partial charge in [-0.1, -0.05) is 30.3 Å². The maximum Gasteiger partial charge on any atom is 0.511 e. The molecule has 0 saturated carbocycles. The first kappa shape index (κ1) is 28.1. The van der Waals surface area contributed by atoms with Crippen LogP contribution in [0.2, 0.25) is 0 Å². The Kier molecular flexibility index (Phi) is 7.07. The van der Waals surface area contributed by atoms with Gasteiger partial charge in [0.25, 0.3) is 0 Å². The number of halogens is 4.